The molecule has 1 aromatic rings. The molecule has 1 radical (unpaired) electrons. The third-order valence-electron chi connectivity index (χ3n) is 4.07. The summed E-state index contributed by atoms with van der Waals surface area (Å²) in [5.74, 6) is 0.558. The quantitative estimate of drug-likeness (QED) is 0.704. The Morgan fingerprint density at radius 3 is 2.96 bits per heavy atom. The fourth-order valence-corrected chi connectivity index (χ4v) is 4.11. The van der Waals surface area contributed by atoms with Gasteiger partial charge in [0.2, 0.25) is 0 Å². The first kappa shape index (κ1) is 19.3. The summed E-state index contributed by atoms with van der Waals surface area (Å²) >= 11 is 0. The van der Waals surface area contributed by atoms with Gasteiger partial charge in [-0.25, -0.2) is 8.42 Å². The van der Waals surface area contributed by atoms with Crippen LogP contribution in [-0.4, -0.2) is 45.3 Å². The third-order valence-corrected chi connectivity index (χ3v) is 5.22. The van der Waals surface area contributed by atoms with Crippen LogP contribution in [0.15, 0.2) is 22.6 Å². The molecule has 1 saturated heterocycles. The van der Waals surface area contributed by atoms with Crippen molar-refractivity contribution in [3.8, 4) is 5.75 Å². The van der Waals surface area contributed by atoms with Crippen molar-refractivity contribution in [1.82, 2.24) is 4.90 Å². The van der Waals surface area contributed by atoms with Crippen molar-refractivity contribution in [3.05, 3.63) is 29.3 Å². The topological polar surface area (TPSA) is 102 Å². The maximum Gasteiger partial charge on any atom is 0.259 e. The van der Waals surface area contributed by atoms with Gasteiger partial charge in [0.25, 0.3) is 10.0 Å². The van der Waals surface area contributed by atoms with Crippen molar-refractivity contribution in [2.75, 3.05) is 19.7 Å². The smallest absolute Gasteiger partial charge is 0.259 e. The van der Waals surface area contributed by atoms with Gasteiger partial charge in [-0.1, -0.05) is 12.1 Å². The minimum Gasteiger partial charge on any atom is -0.520 e. The number of hydrogen-bond acceptors (Lipinski definition) is 5. The van der Waals surface area contributed by atoms with Crippen LogP contribution in [0.25, 0.3) is 0 Å². The predicted octanol–water partition coefficient (Wildman–Crippen LogP) is 0.391. The summed E-state index contributed by atoms with van der Waals surface area (Å²) in [6.45, 7) is 1.79. The molecule has 1 fully saturated rings. The van der Waals surface area contributed by atoms with E-state index in [0.29, 0.717) is 30.0 Å². The summed E-state index contributed by atoms with van der Waals surface area (Å²) < 4.78 is 32.7. The van der Waals surface area contributed by atoms with E-state index in [2.05, 4.69) is 4.40 Å². The number of nitrogens with zero attached hydrogens (tertiary/aromatic N) is 2. The second kappa shape index (κ2) is 7.93. The standard InChI is InChI=1S/C15H18N3O4S.Y/c16-15-14-12(9-23(20,21)17-15)4-1-5-13(14)22-8-11-3-2-6-18(7-11)10-19;/h1,4-5,11H,2-3,6-9H2,(H2,16,17);/q-1;. The Bertz CT molecular complexity index is 751. The largest absolute Gasteiger partial charge is 0.520 e. The Morgan fingerprint density at radius 1 is 1.42 bits per heavy atom. The Morgan fingerprint density at radius 2 is 2.21 bits per heavy atom. The second-order valence-corrected chi connectivity index (χ2v) is 7.48. The van der Waals surface area contributed by atoms with Crippen molar-refractivity contribution in [3.63, 3.8) is 0 Å². The van der Waals surface area contributed by atoms with Crippen molar-refractivity contribution in [2.45, 2.75) is 18.6 Å². The minimum atomic E-state index is -3.55. The summed E-state index contributed by atoms with van der Waals surface area (Å²) in [5, 5.41) is 0. The van der Waals surface area contributed by atoms with Crippen LogP contribution >= 0.6 is 0 Å². The molecule has 3 rings (SSSR count). The minimum absolute atomic E-state index is 0. The van der Waals surface area contributed by atoms with Gasteiger partial charge in [-0.3, -0.25) is 0 Å². The number of carbonyl (C=O) groups excluding carboxylic acids is 1. The Hall–Kier alpha value is -0.986. The molecule has 2 heterocycles. The zero-order valence-corrected chi connectivity index (χ0v) is 16.8. The van der Waals surface area contributed by atoms with Gasteiger partial charge in [0.1, 0.15) is 11.6 Å². The first-order valence-electron chi connectivity index (χ1n) is 7.44. The number of hydrogen-bond donors (Lipinski definition) is 1. The normalized spacial score (nSPS) is 21.9. The molecule has 2 aliphatic rings. The van der Waals surface area contributed by atoms with Gasteiger partial charge in [-0.05, 0) is 37.6 Å². The Balaban J connectivity index is 0.00000208. The number of nitrogens with two attached hydrogens (primary N) is 1. The van der Waals surface area contributed by atoms with Crippen LogP contribution < -0.4 is 10.5 Å². The number of fused-ring (bicyclic) bond motifs is 1. The van der Waals surface area contributed by atoms with Gasteiger partial charge in [0.05, 0.1) is 17.9 Å². The van der Waals surface area contributed by atoms with Gasteiger partial charge < -0.3 is 20.2 Å². The van der Waals surface area contributed by atoms with E-state index < -0.39 is 10.0 Å². The molecule has 1 unspecified atom stereocenters. The predicted molar refractivity (Wildman–Crippen MR) is 85.3 cm³/mol. The monoisotopic (exact) mass is 425 g/mol. The fraction of sp³-hybridized carbons (Fsp3) is 0.467. The number of ether oxygens (including phenoxy) is 1. The van der Waals surface area contributed by atoms with Crippen LogP contribution in [0.4, 0.5) is 0 Å². The van der Waals surface area contributed by atoms with Crippen molar-refractivity contribution in [2.24, 2.45) is 16.0 Å². The molecule has 7 nitrogen and oxygen atoms in total. The number of likely N-dealkylation sites (tertiary alicyclic amines) is 1. The van der Waals surface area contributed by atoms with E-state index in [1.165, 1.54) is 0 Å². The summed E-state index contributed by atoms with van der Waals surface area (Å²) in [6.07, 6.45) is 3.83. The summed E-state index contributed by atoms with van der Waals surface area (Å²) in [5.41, 5.74) is 6.96. The molecule has 0 aromatic heterocycles. The van der Waals surface area contributed by atoms with Gasteiger partial charge in [-0.15, -0.1) is 4.40 Å². The molecule has 2 N–H and O–H groups in total. The van der Waals surface area contributed by atoms with Crippen LogP contribution in [0.5, 0.6) is 5.75 Å². The van der Waals surface area contributed by atoms with E-state index in [0.717, 1.165) is 19.4 Å². The number of benzene rings is 1. The van der Waals surface area contributed by atoms with Gasteiger partial charge in [0.15, 0.2) is 0 Å². The Kier molecular flexibility index (Phi) is 6.39. The first-order valence-corrected chi connectivity index (χ1v) is 9.05. The average molecular weight is 425 g/mol. The van der Waals surface area contributed by atoms with Gasteiger partial charge in [-0.2, -0.15) is 6.41 Å². The average Bonchev–Trinajstić information content (AvgIpc) is 2.51. The molecular weight excluding hydrogens is 407 g/mol. The molecule has 1 atom stereocenters. The van der Waals surface area contributed by atoms with Crippen LogP contribution in [0.2, 0.25) is 0 Å². The molecule has 0 spiro atoms. The van der Waals surface area contributed by atoms with E-state index in [9.17, 15) is 13.2 Å². The second-order valence-electron chi connectivity index (χ2n) is 5.85. The zero-order chi connectivity index (χ0) is 16.4. The number of amidine groups is 1. The van der Waals surface area contributed by atoms with E-state index >= 15 is 0 Å². The molecule has 2 aliphatic heterocycles. The summed E-state index contributed by atoms with van der Waals surface area (Å²) in [7, 11) is -3.55. The van der Waals surface area contributed by atoms with E-state index in [1.807, 2.05) is 6.41 Å². The first-order chi connectivity index (χ1) is 11.0. The van der Waals surface area contributed by atoms with Crippen LogP contribution in [0.3, 0.4) is 0 Å². The number of sulfonamides is 1. The van der Waals surface area contributed by atoms with E-state index in [4.69, 9.17) is 10.5 Å². The van der Waals surface area contributed by atoms with Gasteiger partial charge in [0, 0.05) is 38.6 Å². The summed E-state index contributed by atoms with van der Waals surface area (Å²) in [6, 6.07) is 5.21. The van der Waals surface area contributed by atoms with Gasteiger partial charge >= 0.3 is 0 Å². The summed E-state index contributed by atoms with van der Waals surface area (Å²) in [4.78, 5) is 12.4. The molecule has 0 saturated carbocycles. The molecule has 1 amide bonds. The molecule has 0 aliphatic carbocycles. The van der Waals surface area contributed by atoms with Crippen molar-refractivity contribution >= 4 is 22.3 Å². The zero-order valence-electron chi connectivity index (χ0n) is 13.1. The maximum absolute atomic E-state index is 11.7. The van der Waals surface area contributed by atoms with Crippen molar-refractivity contribution < 1.29 is 50.7 Å². The number of piperidine rings is 1. The number of rotatable bonds is 4. The molecule has 24 heavy (non-hydrogen) atoms. The molecule has 9 heteroatoms. The molecular formula is C15H18N3O4SY-. The van der Waals surface area contributed by atoms with E-state index in [1.54, 1.807) is 23.1 Å². The van der Waals surface area contributed by atoms with Crippen LogP contribution in [0.1, 0.15) is 24.0 Å². The Labute approximate surface area is 166 Å². The van der Waals surface area contributed by atoms with Crippen LogP contribution in [-0.2, 0) is 53.3 Å². The molecule has 1 aromatic carbocycles. The fourth-order valence-electron chi connectivity index (χ4n) is 3.02. The van der Waals surface area contributed by atoms with E-state index in [-0.39, 0.29) is 50.2 Å². The van der Waals surface area contributed by atoms with Crippen molar-refractivity contribution in [1.29, 1.82) is 0 Å². The SMILES string of the molecule is NC1=NS(=O)(=O)Cc2cccc(OCC3CCCN([C-]=O)C3)c21.[Y]. The molecule has 0 bridgehead atoms. The third kappa shape index (κ3) is 4.35. The molecule has 127 valence electrons. The maximum atomic E-state index is 11.7. The number of amides is 1. The van der Waals surface area contributed by atoms with Crippen LogP contribution in [0, 0.1) is 5.92 Å².